The minimum Gasteiger partial charge on any atom is -0.493 e. The largest absolute Gasteiger partial charge is 0.493 e. The van der Waals surface area contributed by atoms with Crippen molar-refractivity contribution in [1.29, 1.82) is 0 Å². The van der Waals surface area contributed by atoms with Crippen molar-refractivity contribution in [3.8, 4) is 23.8 Å². The third-order valence-electron chi connectivity index (χ3n) is 4.94. The molecule has 0 radical (unpaired) electrons. The first-order valence-corrected chi connectivity index (χ1v) is 10.5. The topological polar surface area (TPSA) is 106 Å². The fourth-order valence-electron chi connectivity index (χ4n) is 3.25. The van der Waals surface area contributed by atoms with Crippen molar-refractivity contribution in [2.24, 2.45) is 0 Å². The molecule has 4 aromatic rings. The number of aromatic nitrogens is 2. The Morgan fingerprint density at radius 2 is 1.74 bits per heavy atom. The van der Waals surface area contributed by atoms with Crippen molar-refractivity contribution in [3.63, 3.8) is 0 Å². The van der Waals surface area contributed by atoms with E-state index >= 15 is 0 Å². The maximum Gasteiger partial charge on any atom is 0.274 e. The lowest BCUT2D eigenvalue weighted by atomic mass is 10.2. The molecule has 8 heteroatoms. The second-order valence-corrected chi connectivity index (χ2v) is 7.27. The van der Waals surface area contributed by atoms with E-state index in [4.69, 9.17) is 21.1 Å². The van der Waals surface area contributed by atoms with Gasteiger partial charge in [-0.2, -0.15) is 0 Å². The first-order valence-electron chi connectivity index (χ1n) is 10.5. The molecule has 0 atom stereocenters. The maximum atomic E-state index is 11.3. The Morgan fingerprint density at radius 3 is 2.50 bits per heavy atom. The van der Waals surface area contributed by atoms with Gasteiger partial charge in [0.05, 0.1) is 18.7 Å². The summed E-state index contributed by atoms with van der Waals surface area (Å²) in [5, 5.41) is 12.8. The number of carbonyl (C=O) groups is 1. The first kappa shape index (κ1) is 22.6. The summed E-state index contributed by atoms with van der Waals surface area (Å²) in [6, 6.07) is 19.7. The average molecular weight is 454 g/mol. The van der Waals surface area contributed by atoms with Crippen LogP contribution in [-0.4, -0.2) is 34.3 Å². The van der Waals surface area contributed by atoms with Crippen molar-refractivity contribution in [1.82, 2.24) is 15.4 Å². The van der Waals surface area contributed by atoms with Crippen LogP contribution in [0.5, 0.6) is 11.5 Å². The molecule has 3 aromatic carbocycles. The predicted octanol–water partition coefficient (Wildman–Crippen LogP) is 4.32. The lowest BCUT2D eigenvalue weighted by Crippen LogP contribution is -2.18. The van der Waals surface area contributed by atoms with Gasteiger partial charge in [-0.25, -0.2) is 15.4 Å². The van der Waals surface area contributed by atoms with Gasteiger partial charge in [0.1, 0.15) is 23.6 Å². The molecule has 0 fully saturated rings. The molecule has 0 aliphatic heterocycles. The molecule has 3 N–H and O–H groups in total. The van der Waals surface area contributed by atoms with Crippen LogP contribution in [0.15, 0.2) is 73.1 Å². The number of hydrogen-bond acceptors (Lipinski definition) is 7. The molecule has 1 heterocycles. The van der Waals surface area contributed by atoms with Gasteiger partial charge in [-0.3, -0.25) is 10.0 Å². The van der Waals surface area contributed by atoms with Crippen LogP contribution < -0.4 is 20.3 Å². The van der Waals surface area contributed by atoms with Gasteiger partial charge >= 0.3 is 0 Å². The van der Waals surface area contributed by atoms with Crippen molar-refractivity contribution in [3.05, 3.63) is 84.2 Å². The van der Waals surface area contributed by atoms with E-state index in [0.29, 0.717) is 42.5 Å². The van der Waals surface area contributed by atoms with Crippen LogP contribution in [-0.2, 0) is 0 Å². The molecule has 0 spiro atoms. The van der Waals surface area contributed by atoms with Crippen molar-refractivity contribution < 1.29 is 19.5 Å². The average Bonchev–Trinajstić information content (AvgIpc) is 2.89. The van der Waals surface area contributed by atoms with Crippen molar-refractivity contribution >= 4 is 28.3 Å². The van der Waals surface area contributed by atoms with Gasteiger partial charge in [0.2, 0.25) is 0 Å². The molecule has 0 unspecified atom stereocenters. The molecule has 0 bridgehead atoms. The number of hydrogen-bond donors (Lipinski definition) is 3. The molecular weight excluding hydrogens is 432 g/mol. The normalized spacial score (nSPS) is 10.4. The Balaban J connectivity index is 1.34. The SMILES string of the molecule is C#Cc1cccc(Nc2ncnc3ccc(OCCCOc4ccc(C(=O)NO)cc4)cc23)c1. The number of nitrogens with zero attached hydrogens (tertiary/aromatic N) is 2. The molecule has 8 nitrogen and oxygen atoms in total. The summed E-state index contributed by atoms with van der Waals surface area (Å²) in [5.41, 5.74) is 4.34. The van der Waals surface area contributed by atoms with E-state index < -0.39 is 5.91 Å². The van der Waals surface area contributed by atoms with E-state index in [9.17, 15) is 4.79 Å². The third kappa shape index (κ3) is 5.59. The Bertz CT molecular complexity index is 1330. The van der Waals surface area contributed by atoms with Gasteiger partial charge in [-0.05, 0) is 60.7 Å². The number of terminal acetylenes is 1. The number of benzene rings is 3. The molecule has 34 heavy (non-hydrogen) atoms. The summed E-state index contributed by atoms with van der Waals surface area (Å²) in [4.78, 5) is 20.0. The van der Waals surface area contributed by atoms with Gasteiger partial charge < -0.3 is 14.8 Å². The lowest BCUT2D eigenvalue weighted by molar-refractivity contribution is 0.0706. The number of nitrogens with one attached hydrogen (secondary N) is 2. The Hall–Kier alpha value is -4.61. The quantitative estimate of drug-likeness (QED) is 0.150. The second-order valence-electron chi connectivity index (χ2n) is 7.27. The van der Waals surface area contributed by atoms with Gasteiger partial charge in [0.25, 0.3) is 5.91 Å². The van der Waals surface area contributed by atoms with Crippen LogP contribution in [0.3, 0.4) is 0 Å². The van der Waals surface area contributed by atoms with E-state index in [1.165, 1.54) is 6.33 Å². The Morgan fingerprint density at radius 1 is 0.971 bits per heavy atom. The van der Waals surface area contributed by atoms with E-state index in [1.54, 1.807) is 29.7 Å². The minimum absolute atomic E-state index is 0.344. The monoisotopic (exact) mass is 454 g/mol. The first-order chi connectivity index (χ1) is 16.7. The van der Waals surface area contributed by atoms with E-state index in [0.717, 1.165) is 22.2 Å². The second kappa shape index (κ2) is 10.8. The molecule has 0 saturated heterocycles. The number of rotatable bonds is 9. The fraction of sp³-hybridized carbons (Fsp3) is 0.115. The highest BCUT2D eigenvalue weighted by Crippen LogP contribution is 2.27. The van der Waals surface area contributed by atoms with E-state index in [1.807, 2.05) is 42.5 Å². The summed E-state index contributed by atoms with van der Waals surface area (Å²) in [6.45, 7) is 0.901. The number of ether oxygens (including phenoxy) is 2. The van der Waals surface area contributed by atoms with Gasteiger partial charge in [-0.15, -0.1) is 6.42 Å². The molecule has 4 rings (SSSR count). The van der Waals surface area contributed by atoms with E-state index in [-0.39, 0.29) is 0 Å². The third-order valence-corrected chi connectivity index (χ3v) is 4.94. The van der Waals surface area contributed by atoms with Crippen LogP contribution in [0.2, 0.25) is 0 Å². The van der Waals surface area contributed by atoms with Crippen molar-refractivity contribution in [2.75, 3.05) is 18.5 Å². The van der Waals surface area contributed by atoms with Crippen LogP contribution in [0.25, 0.3) is 10.9 Å². The number of carbonyl (C=O) groups excluding carboxylic acids is 1. The number of anilines is 2. The zero-order chi connectivity index (χ0) is 23.8. The summed E-state index contributed by atoms with van der Waals surface area (Å²) >= 11 is 0. The Kier molecular flexibility index (Phi) is 7.18. The van der Waals surface area contributed by atoms with Gasteiger partial charge in [0, 0.05) is 28.6 Å². The highest BCUT2D eigenvalue weighted by atomic mass is 16.5. The number of amides is 1. The molecule has 0 aliphatic carbocycles. The van der Waals surface area contributed by atoms with Crippen molar-refractivity contribution in [2.45, 2.75) is 6.42 Å². The summed E-state index contributed by atoms with van der Waals surface area (Å²) < 4.78 is 11.6. The zero-order valence-corrected chi connectivity index (χ0v) is 18.2. The fourth-order valence-corrected chi connectivity index (χ4v) is 3.25. The number of fused-ring (bicyclic) bond motifs is 1. The predicted molar refractivity (Wildman–Crippen MR) is 128 cm³/mol. The maximum absolute atomic E-state index is 11.3. The van der Waals surface area contributed by atoms with Gasteiger partial charge in [0.15, 0.2) is 0 Å². The molecule has 1 aromatic heterocycles. The van der Waals surface area contributed by atoms with E-state index in [2.05, 4.69) is 21.2 Å². The van der Waals surface area contributed by atoms with Crippen LogP contribution in [0.1, 0.15) is 22.3 Å². The molecule has 1 amide bonds. The number of hydroxylamine groups is 1. The summed E-state index contributed by atoms with van der Waals surface area (Å²) in [7, 11) is 0. The smallest absolute Gasteiger partial charge is 0.274 e. The highest BCUT2D eigenvalue weighted by Gasteiger charge is 2.07. The van der Waals surface area contributed by atoms with Crippen LogP contribution >= 0.6 is 0 Å². The van der Waals surface area contributed by atoms with Crippen LogP contribution in [0, 0.1) is 12.3 Å². The highest BCUT2D eigenvalue weighted by molar-refractivity contribution is 5.93. The minimum atomic E-state index is -0.569. The van der Waals surface area contributed by atoms with Crippen LogP contribution in [0.4, 0.5) is 11.5 Å². The molecule has 0 saturated carbocycles. The zero-order valence-electron chi connectivity index (χ0n) is 18.2. The lowest BCUT2D eigenvalue weighted by Gasteiger charge is -2.11. The molecular formula is C26H22N4O4. The molecule has 170 valence electrons. The molecule has 0 aliphatic rings. The standard InChI is InChI=1S/C26H22N4O4/c1-2-18-5-3-6-20(15-18)29-25-23-16-22(11-12-24(23)27-17-28-25)34-14-4-13-33-21-9-7-19(8-10-21)26(31)30-32/h1,3,5-12,15-17,32H,4,13-14H2,(H,30,31)(H,27,28,29). The van der Waals surface area contributed by atoms with Gasteiger partial charge in [-0.1, -0.05) is 12.0 Å². The summed E-state index contributed by atoms with van der Waals surface area (Å²) in [5.74, 6) is 4.04. The Labute approximate surface area is 196 Å². The summed E-state index contributed by atoms with van der Waals surface area (Å²) in [6.07, 6.45) is 7.66.